The maximum Gasteiger partial charge on any atom is 0.315 e. The average molecular weight is 283 g/mol. The van der Waals surface area contributed by atoms with Crippen LogP contribution in [-0.4, -0.2) is 53.7 Å². The Hall–Kier alpha value is -1.30. The molecular formula is C14H25N3O3. The number of nitrogens with zero attached hydrogens (tertiary/aromatic N) is 1. The van der Waals surface area contributed by atoms with Gasteiger partial charge in [0.05, 0.1) is 6.10 Å². The predicted octanol–water partition coefficient (Wildman–Crippen LogP) is 0.602. The van der Waals surface area contributed by atoms with Gasteiger partial charge in [-0.2, -0.15) is 0 Å². The average Bonchev–Trinajstić information content (AvgIpc) is 2.83. The van der Waals surface area contributed by atoms with Crippen LogP contribution in [0.2, 0.25) is 0 Å². The molecule has 0 aromatic rings. The van der Waals surface area contributed by atoms with Gasteiger partial charge in [0.1, 0.15) is 0 Å². The highest BCUT2D eigenvalue weighted by Gasteiger charge is 2.23. The number of hydrogen-bond acceptors (Lipinski definition) is 3. The first-order valence-electron chi connectivity index (χ1n) is 7.65. The third kappa shape index (κ3) is 4.67. The van der Waals surface area contributed by atoms with Crippen molar-refractivity contribution in [3.05, 3.63) is 0 Å². The molecule has 2 rings (SSSR count). The van der Waals surface area contributed by atoms with Crippen LogP contribution in [0, 0.1) is 0 Å². The van der Waals surface area contributed by atoms with Crippen LogP contribution in [0.5, 0.6) is 0 Å². The summed E-state index contributed by atoms with van der Waals surface area (Å²) >= 11 is 0. The first kappa shape index (κ1) is 15.1. The molecule has 6 heteroatoms. The molecule has 0 spiro atoms. The lowest BCUT2D eigenvalue weighted by Gasteiger charge is -2.24. The van der Waals surface area contributed by atoms with E-state index in [1.807, 2.05) is 0 Å². The number of rotatable bonds is 5. The SMILES string of the molecule is O=C(NC[C@@H](O)CN1CCCC1=O)NC1CCCCC1. The van der Waals surface area contributed by atoms with Gasteiger partial charge in [-0.25, -0.2) is 4.79 Å². The monoisotopic (exact) mass is 283 g/mol. The Morgan fingerprint density at radius 1 is 1.30 bits per heavy atom. The van der Waals surface area contributed by atoms with Crippen molar-refractivity contribution >= 4 is 11.9 Å². The van der Waals surface area contributed by atoms with Gasteiger partial charge in [-0.05, 0) is 19.3 Å². The van der Waals surface area contributed by atoms with Crippen molar-refractivity contribution in [2.75, 3.05) is 19.6 Å². The second-order valence-electron chi connectivity index (χ2n) is 5.79. The van der Waals surface area contributed by atoms with E-state index in [4.69, 9.17) is 0 Å². The largest absolute Gasteiger partial charge is 0.389 e. The minimum Gasteiger partial charge on any atom is -0.389 e. The Morgan fingerprint density at radius 2 is 2.05 bits per heavy atom. The lowest BCUT2D eigenvalue weighted by molar-refractivity contribution is -0.128. The number of β-amino-alcohol motifs (C(OH)–C–C–N with tert-alkyl or cyclic N) is 1. The smallest absolute Gasteiger partial charge is 0.315 e. The van der Waals surface area contributed by atoms with Gasteiger partial charge in [0.25, 0.3) is 0 Å². The summed E-state index contributed by atoms with van der Waals surface area (Å²) in [6.07, 6.45) is 6.41. The van der Waals surface area contributed by atoms with E-state index in [1.54, 1.807) is 4.90 Å². The third-order valence-corrected chi connectivity index (χ3v) is 4.04. The molecule has 1 atom stereocenters. The number of likely N-dealkylation sites (tertiary alicyclic amines) is 1. The van der Waals surface area contributed by atoms with Crippen molar-refractivity contribution in [1.29, 1.82) is 0 Å². The summed E-state index contributed by atoms with van der Waals surface area (Å²) in [5, 5.41) is 15.5. The number of hydrogen-bond donors (Lipinski definition) is 3. The number of amides is 3. The summed E-state index contributed by atoms with van der Waals surface area (Å²) in [5.41, 5.74) is 0. The van der Waals surface area contributed by atoms with Crippen molar-refractivity contribution in [3.63, 3.8) is 0 Å². The van der Waals surface area contributed by atoms with Crippen LogP contribution in [-0.2, 0) is 4.79 Å². The number of aliphatic hydroxyl groups is 1. The topological polar surface area (TPSA) is 81.7 Å². The van der Waals surface area contributed by atoms with Gasteiger partial charge in [0, 0.05) is 32.1 Å². The molecule has 0 bridgehead atoms. The summed E-state index contributed by atoms with van der Waals surface area (Å²) in [6, 6.07) is 0.0461. The molecule has 114 valence electrons. The predicted molar refractivity (Wildman–Crippen MR) is 75.2 cm³/mol. The van der Waals surface area contributed by atoms with Gasteiger partial charge >= 0.3 is 6.03 Å². The number of nitrogens with one attached hydrogen (secondary N) is 2. The zero-order valence-corrected chi connectivity index (χ0v) is 11.9. The number of urea groups is 1. The van der Waals surface area contributed by atoms with Crippen molar-refractivity contribution in [2.45, 2.75) is 57.1 Å². The first-order valence-corrected chi connectivity index (χ1v) is 7.65. The molecule has 0 aromatic heterocycles. The van der Waals surface area contributed by atoms with Crippen LogP contribution in [0.1, 0.15) is 44.9 Å². The second kappa shape index (κ2) is 7.47. The highest BCUT2D eigenvalue weighted by atomic mass is 16.3. The molecule has 6 nitrogen and oxygen atoms in total. The summed E-state index contributed by atoms with van der Waals surface area (Å²) in [6.45, 7) is 1.20. The van der Waals surface area contributed by atoms with Crippen molar-refractivity contribution in [2.24, 2.45) is 0 Å². The molecule has 1 aliphatic heterocycles. The molecule has 1 heterocycles. The highest BCUT2D eigenvalue weighted by Crippen LogP contribution is 2.17. The standard InChI is InChI=1S/C14H25N3O3/c18-12(10-17-8-4-7-13(17)19)9-15-14(20)16-11-5-2-1-3-6-11/h11-12,18H,1-10H2,(H2,15,16,20)/t12-/m1/s1. The zero-order valence-electron chi connectivity index (χ0n) is 11.9. The molecule has 0 radical (unpaired) electrons. The van der Waals surface area contributed by atoms with E-state index in [0.717, 1.165) is 19.3 Å². The third-order valence-electron chi connectivity index (χ3n) is 4.04. The van der Waals surface area contributed by atoms with Crippen molar-refractivity contribution < 1.29 is 14.7 Å². The van der Waals surface area contributed by atoms with Crippen LogP contribution in [0.15, 0.2) is 0 Å². The van der Waals surface area contributed by atoms with Gasteiger partial charge in [-0.3, -0.25) is 4.79 Å². The molecule has 20 heavy (non-hydrogen) atoms. The van der Waals surface area contributed by atoms with Gasteiger partial charge in [0.2, 0.25) is 5.91 Å². The lowest BCUT2D eigenvalue weighted by atomic mass is 9.96. The molecule has 2 fully saturated rings. The Bertz CT molecular complexity index is 343. The zero-order chi connectivity index (χ0) is 14.4. The summed E-state index contributed by atoms with van der Waals surface area (Å²) < 4.78 is 0. The van der Waals surface area contributed by atoms with Crippen LogP contribution < -0.4 is 10.6 Å². The molecular weight excluding hydrogens is 258 g/mol. The fourth-order valence-corrected chi connectivity index (χ4v) is 2.91. The lowest BCUT2D eigenvalue weighted by Crippen LogP contribution is -2.47. The van der Waals surface area contributed by atoms with E-state index in [0.29, 0.717) is 19.5 Å². The van der Waals surface area contributed by atoms with Gasteiger partial charge in [-0.15, -0.1) is 0 Å². The molecule has 1 aliphatic carbocycles. The van der Waals surface area contributed by atoms with Crippen molar-refractivity contribution in [1.82, 2.24) is 15.5 Å². The summed E-state index contributed by atoms with van der Waals surface area (Å²) in [5.74, 6) is 0.0932. The molecule has 3 N–H and O–H groups in total. The fraction of sp³-hybridized carbons (Fsp3) is 0.857. The second-order valence-corrected chi connectivity index (χ2v) is 5.79. The molecule has 0 unspecified atom stereocenters. The van der Waals surface area contributed by atoms with E-state index in [9.17, 15) is 14.7 Å². The van der Waals surface area contributed by atoms with E-state index in [1.165, 1.54) is 19.3 Å². The van der Waals surface area contributed by atoms with E-state index < -0.39 is 6.10 Å². The maximum atomic E-state index is 11.7. The van der Waals surface area contributed by atoms with Crippen LogP contribution in [0.3, 0.4) is 0 Å². The van der Waals surface area contributed by atoms with Crippen LogP contribution >= 0.6 is 0 Å². The number of aliphatic hydroxyl groups excluding tert-OH is 1. The fourth-order valence-electron chi connectivity index (χ4n) is 2.91. The molecule has 3 amide bonds. The minimum absolute atomic E-state index is 0.0932. The Labute approximate surface area is 119 Å². The van der Waals surface area contributed by atoms with Crippen LogP contribution in [0.4, 0.5) is 4.79 Å². The molecule has 1 saturated heterocycles. The normalized spacial score (nSPS) is 21.9. The van der Waals surface area contributed by atoms with Gasteiger partial charge in [0.15, 0.2) is 0 Å². The van der Waals surface area contributed by atoms with E-state index in [2.05, 4.69) is 10.6 Å². The Kier molecular flexibility index (Phi) is 5.64. The van der Waals surface area contributed by atoms with Gasteiger partial charge in [-0.1, -0.05) is 19.3 Å². The Balaban J connectivity index is 1.61. The van der Waals surface area contributed by atoms with E-state index in [-0.39, 0.29) is 24.5 Å². The van der Waals surface area contributed by atoms with Crippen molar-refractivity contribution in [3.8, 4) is 0 Å². The molecule has 0 aromatic carbocycles. The summed E-state index contributed by atoms with van der Waals surface area (Å²) in [4.78, 5) is 24.8. The van der Waals surface area contributed by atoms with Gasteiger partial charge < -0.3 is 20.6 Å². The minimum atomic E-state index is -0.700. The number of carbonyl (C=O) groups is 2. The molecule has 1 saturated carbocycles. The maximum absolute atomic E-state index is 11.7. The highest BCUT2D eigenvalue weighted by molar-refractivity contribution is 5.78. The first-order chi connectivity index (χ1) is 9.65. The van der Waals surface area contributed by atoms with E-state index >= 15 is 0 Å². The molecule has 2 aliphatic rings. The van der Waals surface area contributed by atoms with Crippen LogP contribution in [0.25, 0.3) is 0 Å². The number of carbonyl (C=O) groups excluding carboxylic acids is 2. The summed E-state index contributed by atoms with van der Waals surface area (Å²) in [7, 11) is 0. The quantitative estimate of drug-likeness (QED) is 0.691. The Morgan fingerprint density at radius 3 is 2.70 bits per heavy atom.